The second-order valence-corrected chi connectivity index (χ2v) is 9.29. The predicted molar refractivity (Wildman–Crippen MR) is 113 cm³/mol. The van der Waals surface area contributed by atoms with Gasteiger partial charge in [-0.3, -0.25) is 19.7 Å². The van der Waals surface area contributed by atoms with Crippen molar-refractivity contribution in [3.63, 3.8) is 0 Å². The molecule has 0 fully saturated rings. The van der Waals surface area contributed by atoms with E-state index in [1.54, 1.807) is 60.7 Å². The molecule has 0 unspecified atom stereocenters. The summed E-state index contributed by atoms with van der Waals surface area (Å²) in [5, 5.41) is 11.7. The molecule has 0 aliphatic carbocycles. The van der Waals surface area contributed by atoms with E-state index in [4.69, 9.17) is 4.74 Å². The van der Waals surface area contributed by atoms with Crippen molar-refractivity contribution in [1.29, 1.82) is 0 Å². The number of nitro benzene ring substituents is 1. The lowest BCUT2D eigenvalue weighted by molar-refractivity contribution is -0.384. The van der Waals surface area contributed by atoms with E-state index in [0.29, 0.717) is 10.6 Å². The van der Waals surface area contributed by atoms with Gasteiger partial charge in [0.2, 0.25) is 0 Å². The Bertz CT molecular complexity index is 1050. The van der Waals surface area contributed by atoms with Crippen molar-refractivity contribution in [3.05, 3.63) is 101 Å². The molecule has 3 aromatic carbocycles. The molecule has 0 spiro atoms. The van der Waals surface area contributed by atoms with Crippen LogP contribution in [0.5, 0.6) is 0 Å². The monoisotopic (exact) mass is 423 g/mol. The second kappa shape index (κ2) is 9.29. The Labute approximate surface area is 172 Å². The average molecular weight is 423 g/mol. The Morgan fingerprint density at radius 2 is 1.33 bits per heavy atom. The van der Waals surface area contributed by atoms with Gasteiger partial charge < -0.3 is 9.30 Å². The first kappa shape index (κ1) is 21.1. The molecule has 8 heteroatoms. The standard InChI is InChI=1S/C22H18NO6P/c24-21(17-11-13-18(14-12-17)23(26)27)15-29-22(25)16-30(28,19-7-3-1-4-8-19)20-9-5-2-6-10-20/h1-14H,15-16H2. The first-order chi connectivity index (χ1) is 14.4. The summed E-state index contributed by atoms with van der Waals surface area (Å²) in [7, 11) is -3.29. The second-order valence-electron chi connectivity index (χ2n) is 6.46. The minimum absolute atomic E-state index is 0.143. The molecule has 3 rings (SSSR count). The minimum atomic E-state index is -3.29. The number of benzene rings is 3. The summed E-state index contributed by atoms with van der Waals surface area (Å²) in [6.07, 6.45) is -0.380. The molecule has 30 heavy (non-hydrogen) atoms. The van der Waals surface area contributed by atoms with Crippen LogP contribution >= 0.6 is 7.14 Å². The molecule has 0 atom stereocenters. The van der Waals surface area contributed by atoms with Gasteiger partial charge >= 0.3 is 5.97 Å². The fourth-order valence-electron chi connectivity index (χ4n) is 2.90. The highest BCUT2D eigenvalue weighted by Crippen LogP contribution is 2.43. The van der Waals surface area contributed by atoms with E-state index in [-0.39, 0.29) is 17.4 Å². The molecule has 0 aliphatic heterocycles. The Hall–Kier alpha value is -3.57. The van der Waals surface area contributed by atoms with Gasteiger partial charge in [-0.2, -0.15) is 0 Å². The maximum Gasteiger partial charge on any atom is 0.314 e. The molecule has 0 aromatic heterocycles. The molecule has 0 saturated carbocycles. The van der Waals surface area contributed by atoms with Gasteiger partial charge in [-0.25, -0.2) is 0 Å². The van der Waals surface area contributed by atoms with E-state index in [0.717, 1.165) is 0 Å². The molecule has 0 heterocycles. The Kier molecular flexibility index (Phi) is 6.54. The SMILES string of the molecule is O=C(CP(=O)(c1ccccc1)c1ccccc1)OCC(=O)c1ccc([N+](=O)[O-])cc1. The zero-order valence-corrected chi connectivity index (χ0v) is 16.7. The summed E-state index contributed by atoms with van der Waals surface area (Å²) < 4.78 is 18.9. The third-order valence-corrected chi connectivity index (χ3v) is 7.43. The lowest BCUT2D eigenvalue weighted by Gasteiger charge is -2.18. The summed E-state index contributed by atoms with van der Waals surface area (Å²) in [6.45, 7) is -0.541. The molecular formula is C22H18NO6P. The molecule has 7 nitrogen and oxygen atoms in total. The number of hydrogen-bond acceptors (Lipinski definition) is 6. The lowest BCUT2D eigenvalue weighted by atomic mass is 10.1. The number of Topliss-reactive ketones (excluding diaryl/α,β-unsaturated/α-hetero) is 1. The third-order valence-electron chi connectivity index (χ3n) is 4.46. The molecule has 0 N–H and O–H groups in total. The van der Waals surface area contributed by atoms with Crippen LogP contribution in [0.1, 0.15) is 10.4 Å². The quantitative estimate of drug-likeness (QED) is 0.181. The van der Waals surface area contributed by atoms with Gasteiger partial charge in [-0.05, 0) is 12.1 Å². The van der Waals surface area contributed by atoms with Gasteiger partial charge in [0.25, 0.3) is 5.69 Å². The summed E-state index contributed by atoms with van der Waals surface area (Å²) in [4.78, 5) is 34.8. The predicted octanol–water partition coefficient (Wildman–Crippen LogP) is 3.33. The molecule has 0 aliphatic rings. The van der Waals surface area contributed by atoms with Crippen LogP contribution in [-0.4, -0.2) is 29.4 Å². The number of ketones is 1. The van der Waals surface area contributed by atoms with Gasteiger partial charge in [0.05, 0.1) is 4.92 Å². The van der Waals surface area contributed by atoms with Crippen LogP contribution in [0.15, 0.2) is 84.9 Å². The highest BCUT2D eigenvalue weighted by Gasteiger charge is 2.31. The van der Waals surface area contributed by atoms with Crippen molar-refractivity contribution in [3.8, 4) is 0 Å². The van der Waals surface area contributed by atoms with Crippen molar-refractivity contribution in [2.75, 3.05) is 12.8 Å². The van der Waals surface area contributed by atoms with Crippen LogP contribution in [0.2, 0.25) is 0 Å². The molecule has 0 saturated heterocycles. The molecular weight excluding hydrogens is 405 g/mol. The smallest absolute Gasteiger partial charge is 0.314 e. The Balaban J connectivity index is 1.72. The summed E-state index contributed by atoms with van der Waals surface area (Å²) >= 11 is 0. The van der Waals surface area contributed by atoms with Crippen molar-refractivity contribution in [2.45, 2.75) is 0 Å². The number of nitro groups is 1. The van der Waals surface area contributed by atoms with Crippen molar-refractivity contribution >= 4 is 35.2 Å². The Morgan fingerprint density at radius 1 is 0.833 bits per heavy atom. The number of carbonyl (C=O) groups excluding carboxylic acids is 2. The topological polar surface area (TPSA) is 104 Å². The summed E-state index contributed by atoms with van der Waals surface area (Å²) in [6, 6.07) is 22.4. The van der Waals surface area contributed by atoms with Crippen molar-refractivity contribution < 1.29 is 23.8 Å². The van der Waals surface area contributed by atoms with E-state index >= 15 is 0 Å². The first-order valence-corrected chi connectivity index (χ1v) is 10.9. The van der Waals surface area contributed by atoms with Crippen molar-refractivity contribution in [2.24, 2.45) is 0 Å². The van der Waals surface area contributed by atoms with Gasteiger partial charge in [-0.1, -0.05) is 60.7 Å². The first-order valence-electron chi connectivity index (χ1n) is 9.04. The zero-order chi connectivity index (χ0) is 21.6. The van der Waals surface area contributed by atoms with Crippen LogP contribution < -0.4 is 10.6 Å². The number of esters is 1. The van der Waals surface area contributed by atoms with E-state index in [1.165, 1.54) is 24.3 Å². The number of non-ortho nitro benzene ring substituents is 1. The van der Waals surface area contributed by atoms with Crippen LogP contribution in [0.25, 0.3) is 0 Å². The van der Waals surface area contributed by atoms with Crippen LogP contribution in [0, 0.1) is 10.1 Å². The van der Waals surface area contributed by atoms with Crippen molar-refractivity contribution in [1.82, 2.24) is 0 Å². The molecule has 0 bridgehead atoms. The van der Waals surface area contributed by atoms with Gasteiger partial charge in [-0.15, -0.1) is 0 Å². The molecule has 152 valence electrons. The van der Waals surface area contributed by atoms with Gasteiger partial charge in [0, 0.05) is 28.3 Å². The van der Waals surface area contributed by atoms with E-state index in [2.05, 4.69) is 0 Å². The third kappa shape index (κ3) is 4.88. The van der Waals surface area contributed by atoms with Crippen LogP contribution in [0.3, 0.4) is 0 Å². The van der Waals surface area contributed by atoms with E-state index in [1.807, 2.05) is 0 Å². The number of ether oxygens (including phenoxy) is 1. The largest absolute Gasteiger partial charge is 0.457 e. The lowest BCUT2D eigenvalue weighted by Crippen LogP contribution is -2.25. The molecule has 3 aromatic rings. The number of rotatable bonds is 8. The maximum absolute atomic E-state index is 13.8. The van der Waals surface area contributed by atoms with Gasteiger partial charge in [0.15, 0.2) is 19.5 Å². The zero-order valence-electron chi connectivity index (χ0n) is 15.8. The van der Waals surface area contributed by atoms with Gasteiger partial charge in [0.1, 0.15) is 6.16 Å². The molecule has 0 amide bonds. The van der Waals surface area contributed by atoms with E-state index < -0.39 is 30.4 Å². The van der Waals surface area contributed by atoms with E-state index in [9.17, 15) is 24.3 Å². The summed E-state index contributed by atoms with van der Waals surface area (Å²) in [5.41, 5.74) is 0.0397. The normalized spacial score (nSPS) is 10.9. The maximum atomic E-state index is 13.8. The fourth-order valence-corrected chi connectivity index (χ4v) is 5.32. The summed E-state index contributed by atoms with van der Waals surface area (Å²) in [5.74, 6) is -1.27. The number of carbonyl (C=O) groups is 2. The van der Waals surface area contributed by atoms with Crippen LogP contribution in [-0.2, 0) is 14.1 Å². The van der Waals surface area contributed by atoms with Crippen LogP contribution in [0.4, 0.5) is 5.69 Å². The average Bonchev–Trinajstić information content (AvgIpc) is 2.78. The highest BCUT2D eigenvalue weighted by molar-refractivity contribution is 7.79. The number of hydrogen-bond donors (Lipinski definition) is 0. The Morgan fingerprint density at radius 3 is 1.80 bits per heavy atom. The number of nitrogens with zero attached hydrogens (tertiary/aromatic N) is 1. The molecule has 0 radical (unpaired) electrons. The highest BCUT2D eigenvalue weighted by atomic mass is 31.2. The minimum Gasteiger partial charge on any atom is -0.457 e. The fraction of sp³-hybridized carbons (Fsp3) is 0.0909.